The molecule has 0 spiro atoms. The van der Waals surface area contributed by atoms with Crippen LogP contribution < -0.4 is 10.9 Å². The predicted molar refractivity (Wildman–Crippen MR) is 185 cm³/mol. The van der Waals surface area contributed by atoms with Gasteiger partial charge in [-0.2, -0.15) is 10.5 Å². The summed E-state index contributed by atoms with van der Waals surface area (Å²) < 4.78 is 4.69. The molecule has 0 saturated carbocycles. The van der Waals surface area contributed by atoms with Gasteiger partial charge in [0.2, 0.25) is 0 Å². The first-order valence-electron chi connectivity index (χ1n) is 16.1. The van der Waals surface area contributed by atoms with E-state index in [0.717, 1.165) is 98.7 Å². The third kappa shape index (κ3) is 3.96. The minimum absolute atomic E-state index is 0.239. The Labute approximate surface area is 263 Å². The van der Waals surface area contributed by atoms with Crippen molar-refractivity contribution in [3.8, 4) is 17.8 Å². The van der Waals surface area contributed by atoms with Gasteiger partial charge in [-0.15, -0.1) is 0 Å². The smallest absolute Gasteiger partial charge is 0.332 e. The van der Waals surface area contributed by atoms with Crippen LogP contribution in [0.5, 0.6) is 0 Å². The van der Waals surface area contributed by atoms with Crippen LogP contribution in [0.25, 0.3) is 49.3 Å². The van der Waals surface area contributed by atoms with Gasteiger partial charge in [0.05, 0.1) is 33.2 Å². The molecule has 0 N–H and O–H groups in total. The maximum absolute atomic E-state index is 10.7. The van der Waals surface area contributed by atoms with E-state index >= 15 is 0 Å². The maximum Gasteiger partial charge on any atom is 0.332 e. The second-order valence-corrected chi connectivity index (χ2v) is 12.3. The molecule has 0 bridgehead atoms. The highest BCUT2D eigenvalue weighted by molar-refractivity contribution is 6.88. The minimum Gasteiger partial charge on any atom is -0.374 e. The highest BCUT2D eigenvalue weighted by Gasteiger charge is 2.37. The molecule has 0 fully saturated rings. The second kappa shape index (κ2) is 10.7. The van der Waals surface area contributed by atoms with Gasteiger partial charge in [0.15, 0.2) is 0 Å². The topological polar surface area (TPSA) is 70.3 Å². The molecule has 8 rings (SSSR count). The zero-order chi connectivity index (χ0) is 30.7. The summed E-state index contributed by atoms with van der Waals surface area (Å²) in [4.78, 5) is 4.48. The fraction of sp³-hybridized carbons (Fsp3) is 0.205. The zero-order valence-electron chi connectivity index (χ0n) is 25.6. The molecule has 4 aromatic carbocycles. The monoisotopic (exact) mass is 581 g/mol. The number of aromatic nitrogens is 3. The van der Waals surface area contributed by atoms with Crippen LogP contribution in [0.4, 0.5) is 0 Å². The van der Waals surface area contributed by atoms with Crippen molar-refractivity contribution in [3.63, 3.8) is 0 Å². The van der Waals surface area contributed by atoms with E-state index in [1.54, 1.807) is 0 Å². The molecule has 7 aromatic rings. The van der Waals surface area contributed by atoms with Crippen molar-refractivity contribution in [2.24, 2.45) is 0 Å². The summed E-state index contributed by atoms with van der Waals surface area (Å²) >= 11 is 0. The first-order chi connectivity index (χ1) is 22.2. The van der Waals surface area contributed by atoms with E-state index in [4.69, 9.17) is 0 Å². The lowest BCUT2D eigenvalue weighted by Gasteiger charge is -2.28. The minimum atomic E-state index is -0.239. The number of hydrogen-bond acceptors (Lipinski definition) is 3. The molecule has 5 nitrogen and oxygen atoms in total. The van der Waals surface area contributed by atoms with Crippen LogP contribution in [-0.4, -0.2) is 20.9 Å². The predicted octanol–water partition coefficient (Wildman–Crippen LogP) is 7.68. The number of unbranched alkanes of at least 4 members (excludes halogenated alkanes) is 2. The van der Waals surface area contributed by atoms with Crippen molar-refractivity contribution in [2.75, 3.05) is 0 Å². The molecule has 216 valence electrons. The number of pyridine rings is 1. The van der Waals surface area contributed by atoms with Crippen molar-refractivity contribution in [1.29, 1.82) is 10.5 Å². The molecular formula is C39H32BN5. The van der Waals surface area contributed by atoms with Crippen LogP contribution >= 0.6 is 0 Å². The van der Waals surface area contributed by atoms with Gasteiger partial charge < -0.3 is 9.05 Å². The van der Waals surface area contributed by atoms with E-state index in [0.29, 0.717) is 11.1 Å². The van der Waals surface area contributed by atoms with E-state index in [9.17, 15) is 10.5 Å². The molecule has 0 saturated heterocycles. The van der Waals surface area contributed by atoms with Crippen LogP contribution in [0.2, 0.25) is 0 Å². The van der Waals surface area contributed by atoms with Gasteiger partial charge in [-0.1, -0.05) is 63.1 Å². The lowest BCUT2D eigenvalue weighted by atomic mass is 9.48. The van der Waals surface area contributed by atoms with Crippen LogP contribution in [0.15, 0.2) is 85.2 Å². The Bertz CT molecular complexity index is 2310. The van der Waals surface area contributed by atoms with Crippen LogP contribution in [0.3, 0.4) is 0 Å². The highest BCUT2D eigenvalue weighted by Crippen LogP contribution is 2.38. The third-order valence-electron chi connectivity index (χ3n) is 9.64. The first-order valence-corrected chi connectivity index (χ1v) is 16.1. The molecule has 45 heavy (non-hydrogen) atoms. The summed E-state index contributed by atoms with van der Waals surface area (Å²) in [5, 5.41) is 25.8. The Balaban J connectivity index is 1.56. The van der Waals surface area contributed by atoms with Gasteiger partial charge in [0.25, 0.3) is 0 Å². The Morgan fingerprint density at radius 3 is 1.98 bits per heavy atom. The number of aryl methyl sites for hydroxylation is 2. The number of rotatable bonds is 7. The zero-order valence-corrected chi connectivity index (χ0v) is 25.6. The number of hydrogen-bond donors (Lipinski definition) is 0. The van der Waals surface area contributed by atoms with Gasteiger partial charge in [-0.3, -0.25) is 4.98 Å². The van der Waals surface area contributed by atoms with Crippen LogP contribution in [0.1, 0.15) is 61.8 Å². The van der Waals surface area contributed by atoms with E-state index < -0.39 is 0 Å². The SMILES string of the molecule is CCCCc1cc(C#N)c2c(c1)c1cc(CCCC)cc(C#N)c1n2B1c2ccccc2-n2c3ccncc3c3cccc1c32. The number of nitriles is 2. The molecule has 4 heterocycles. The molecule has 6 heteroatoms. The second-order valence-electron chi connectivity index (χ2n) is 12.3. The summed E-state index contributed by atoms with van der Waals surface area (Å²) in [6.45, 7) is 4.16. The summed E-state index contributed by atoms with van der Waals surface area (Å²) in [5.74, 6) is 0. The highest BCUT2D eigenvalue weighted by atomic mass is 15.0. The fourth-order valence-electron chi connectivity index (χ4n) is 7.69. The van der Waals surface area contributed by atoms with E-state index in [1.165, 1.54) is 11.1 Å². The maximum atomic E-state index is 10.7. The molecule has 3 aromatic heterocycles. The number of nitrogens with zero attached hydrogens (tertiary/aromatic N) is 5. The Morgan fingerprint density at radius 1 is 0.689 bits per heavy atom. The van der Waals surface area contributed by atoms with Gasteiger partial charge in [0, 0.05) is 39.6 Å². The van der Waals surface area contributed by atoms with Crippen molar-refractivity contribution >= 4 is 61.4 Å². The molecule has 1 aliphatic rings. The molecular weight excluding hydrogens is 549 g/mol. The quantitative estimate of drug-likeness (QED) is 0.181. The molecule has 0 amide bonds. The Kier molecular flexibility index (Phi) is 6.47. The summed E-state index contributed by atoms with van der Waals surface area (Å²) in [5.41, 5.74) is 11.2. The molecule has 0 radical (unpaired) electrons. The lowest BCUT2D eigenvalue weighted by Crippen LogP contribution is -2.53. The van der Waals surface area contributed by atoms with Crippen LogP contribution in [-0.2, 0) is 12.8 Å². The number of para-hydroxylation sites is 2. The summed E-state index contributed by atoms with van der Waals surface area (Å²) in [7, 11) is 0. The van der Waals surface area contributed by atoms with Gasteiger partial charge in [-0.25, -0.2) is 0 Å². The standard InChI is InChI=1S/C39H32BN5/c1-3-5-10-25-18-27(22-41)37-30(20-25)31-21-26(11-6-4-2)19-28(23-42)38(31)45(37)40-33-13-7-8-15-36(33)44-35-16-17-43-24-32(35)29-12-9-14-34(40)39(29)44/h7-9,12-21,24H,3-6,10-11H2,1-2H3. The first kappa shape index (κ1) is 27.2. The number of fused-ring (bicyclic) bond motifs is 8. The van der Waals surface area contributed by atoms with Crippen LogP contribution in [0, 0.1) is 22.7 Å². The Hall–Kier alpha value is -5.33. The van der Waals surface area contributed by atoms with Gasteiger partial charge >= 0.3 is 6.85 Å². The Morgan fingerprint density at radius 2 is 1.33 bits per heavy atom. The van der Waals surface area contributed by atoms with E-state index in [1.807, 2.05) is 12.4 Å². The van der Waals surface area contributed by atoms with Crippen molar-refractivity contribution in [1.82, 2.24) is 14.0 Å². The average Bonchev–Trinajstić information content (AvgIpc) is 3.60. The van der Waals surface area contributed by atoms with Crippen molar-refractivity contribution in [3.05, 3.63) is 107 Å². The largest absolute Gasteiger partial charge is 0.374 e. The number of benzene rings is 4. The lowest BCUT2D eigenvalue weighted by molar-refractivity contribution is 0.795. The van der Waals surface area contributed by atoms with Crippen molar-refractivity contribution < 1.29 is 0 Å². The molecule has 0 aliphatic carbocycles. The van der Waals surface area contributed by atoms with Crippen molar-refractivity contribution in [2.45, 2.75) is 52.4 Å². The van der Waals surface area contributed by atoms with E-state index in [2.05, 4.69) is 113 Å². The van der Waals surface area contributed by atoms with Gasteiger partial charge in [-0.05, 0) is 84.1 Å². The summed E-state index contributed by atoms with van der Waals surface area (Å²) in [6.07, 6.45) is 9.98. The fourth-order valence-corrected chi connectivity index (χ4v) is 7.69. The summed E-state index contributed by atoms with van der Waals surface area (Å²) in [6, 6.07) is 31.1. The molecule has 0 atom stereocenters. The molecule has 0 unspecified atom stereocenters. The normalized spacial score (nSPS) is 12.2. The van der Waals surface area contributed by atoms with Gasteiger partial charge in [0.1, 0.15) is 12.1 Å². The third-order valence-corrected chi connectivity index (χ3v) is 9.64. The molecule has 1 aliphatic heterocycles. The van der Waals surface area contributed by atoms with E-state index in [-0.39, 0.29) is 6.85 Å². The average molecular weight is 582 g/mol.